The van der Waals surface area contributed by atoms with Crippen molar-refractivity contribution in [1.82, 2.24) is 5.06 Å². The van der Waals surface area contributed by atoms with Gasteiger partial charge in [0.2, 0.25) is 0 Å². The van der Waals surface area contributed by atoms with Gasteiger partial charge in [0.15, 0.2) is 0 Å². The summed E-state index contributed by atoms with van der Waals surface area (Å²) in [5, 5.41) is 1.93. The van der Waals surface area contributed by atoms with E-state index < -0.39 is 0 Å². The minimum absolute atomic E-state index is 0.431. The van der Waals surface area contributed by atoms with E-state index in [4.69, 9.17) is 4.84 Å². The fourth-order valence-corrected chi connectivity index (χ4v) is 1.35. The van der Waals surface area contributed by atoms with Crippen molar-refractivity contribution >= 4 is 0 Å². The summed E-state index contributed by atoms with van der Waals surface area (Å²) in [5.41, 5.74) is 0. The first kappa shape index (κ1) is 7.03. The lowest BCUT2D eigenvalue weighted by molar-refractivity contribution is -0.122. The summed E-state index contributed by atoms with van der Waals surface area (Å²) in [5.74, 6) is 0.745. The van der Waals surface area contributed by atoms with Crippen LogP contribution in [-0.2, 0) is 4.84 Å². The largest absolute Gasteiger partial charge is 0.296 e. The van der Waals surface area contributed by atoms with Gasteiger partial charge in [-0.3, -0.25) is 4.84 Å². The first-order chi connectivity index (χ1) is 4.24. The van der Waals surface area contributed by atoms with E-state index in [-0.39, 0.29) is 0 Å². The maximum Gasteiger partial charge on any atom is 0.0806 e. The summed E-state index contributed by atoms with van der Waals surface area (Å²) in [6.07, 6.45) is 1.66. The van der Waals surface area contributed by atoms with Gasteiger partial charge in [-0.2, -0.15) is 5.06 Å². The lowest BCUT2D eigenvalue weighted by Gasteiger charge is -2.07. The molecule has 0 N–H and O–H groups in total. The molecule has 2 heteroatoms. The average Bonchev–Trinajstić information content (AvgIpc) is 2.10. The highest BCUT2D eigenvalue weighted by atomic mass is 16.7. The molecule has 0 unspecified atom stereocenters. The van der Waals surface area contributed by atoms with Crippen LogP contribution in [0.2, 0.25) is 0 Å². The summed E-state index contributed by atoms with van der Waals surface area (Å²) in [6, 6.07) is 0. The second-order valence-corrected chi connectivity index (χ2v) is 2.79. The maximum absolute atomic E-state index is 5.40. The van der Waals surface area contributed by atoms with Crippen molar-refractivity contribution < 1.29 is 4.84 Å². The second-order valence-electron chi connectivity index (χ2n) is 2.79. The Morgan fingerprint density at radius 3 is 2.56 bits per heavy atom. The average molecular weight is 129 g/mol. The third-order valence-corrected chi connectivity index (χ3v) is 2.03. The van der Waals surface area contributed by atoms with Crippen LogP contribution < -0.4 is 0 Å². The van der Waals surface area contributed by atoms with Gasteiger partial charge in [0.25, 0.3) is 0 Å². The van der Waals surface area contributed by atoms with Crippen molar-refractivity contribution in [2.75, 3.05) is 13.6 Å². The van der Waals surface area contributed by atoms with Crippen LogP contribution in [0.1, 0.15) is 20.3 Å². The van der Waals surface area contributed by atoms with Crippen molar-refractivity contribution in [2.24, 2.45) is 5.92 Å². The van der Waals surface area contributed by atoms with Crippen molar-refractivity contribution in [3.05, 3.63) is 0 Å². The van der Waals surface area contributed by atoms with Crippen molar-refractivity contribution in [3.63, 3.8) is 0 Å². The molecule has 0 aromatic heterocycles. The molecule has 1 rings (SSSR count). The lowest BCUT2D eigenvalue weighted by atomic mass is 10.0. The fourth-order valence-electron chi connectivity index (χ4n) is 1.35. The van der Waals surface area contributed by atoms with E-state index in [1.165, 1.54) is 6.42 Å². The Morgan fingerprint density at radius 2 is 2.33 bits per heavy atom. The molecule has 0 aromatic rings. The fraction of sp³-hybridized carbons (Fsp3) is 1.00. The molecule has 0 amide bonds. The molecule has 0 saturated carbocycles. The molecule has 1 aliphatic heterocycles. The zero-order valence-electron chi connectivity index (χ0n) is 6.42. The third-order valence-electron chi connectivity index (χ3n) is 2.03. The SMILES string of the molecule is CC[C@H]1CN(C)O[C@H]1C. The summed E-state index contributed by atoms with van der Waals surface area (Å²) >= 11 is 0. The topological polar surface area (TPSA) is 12.5 Å². The monoisotopic (exact) mass is 129 g/mol. The highest BCUT2D eigenvalue weighted by Crippen LogP contribution is 2.20. The first-order valence-corrected chi connectivity index (χ1v) is 3.62. The number of hydroxylamine groups is 2. The Labute approximate surface area is 56.8 Å². The molecule has 1 saturated heterocycles. The molecule has 0 aliphatic carbocycles. The van der Waals surface area contributed by atoms with Gasteiger partial charge in [-0.05, 0) is 13.3 Å². The molecule has 0 spiro atoms. The van der Waals surface area contributed by atoms with Gasteiger partial charge < -0.3 is 0 Å². The molecular formula is C7H15NO. The highest BCUT2D eigenvalue weighted by molar-refractivity contribution is 4.70. The Bertz CT molecular complexity index is 94.9. The first-order valence-electron chi connectivity index (χ1n) is 3.62. The van der Waals surface area contributed by atoms with Crippen molar-refractivity contribution in [3.8, 4) is 0 Å². The number of hydrogen-bond donors (Lipinski definition) is 0. The number of rotatable bonds is 1. The number of hydrogen-bond acceptors (Lipinski definition) is 2. The molecule has 0 aromatic carbocycles. The Morgan fingerprint density at radius 1 is 1.67 bits per heavy atom. The molecule has 2 atom stereocenters. The van der Waals surface area contributed by atoms with Crippen LogP contribution in [-0.4, -0.2) is 24.8 Å². The van der Waals surface area contributed by atoms with Crippen LogP contribution in [0.3, 0.4) is 0 Å². The Balaban J connectivity index is 2.38. The molecule has 1 aliphatic rings. The van der Waals surface area contributed by atoms with Crippen LogP contribution in [0.4, 0.5) is 0 Å². The smallest absolute Gasteiger partial charge is 0.0806 e. The molecule has 2 nitrogen and oxygen atoms in total. The second kappa shape index (κ2) is 2.67. The van der Waals surface area contributed by atoms with Crippen LogP contribution in [0.15, 0.2) is 0 Å². The molecule has 0 bridgehead atoms. The molecule has 9 heavy (non-hydrogen) atoms. The Kier molecular flexibility index (Phi) is 2.09. The van der Waals surface area contributed by atoms with Gasteiger partial charge in [0.1, 0.15) is 0 Å². The van der Waals surface area contributed by atoms with Gasteiger partial charge >= 0.3 is 0 Å². The van der Waals surface area contributed by atoms with Crippen LogP contribution in [0.5, 0.6) is 0 Å². The van der Waals surface area contributed by atoms with E-state index in [1.54, 1.807) is 0 Å². The molecule has 54 valence electrons. The zero-order chi connectivity index (χ0) is 6.85. The van der Waals surface area contributed by atoms with Crippen LogP contribution in [0, 0.1) is 5.92 Å². The van der Waals surface area contributed by atoms with E-state index in [0.717, 1.165) is 12.5 Å². The van der Waals surface area contributed by atoms with Crippen LogP contribution in [0.25, 0.3) is 0 Å². The van der Waals surface area contributed by atoms with Crippen molar-refractivity contribution in [2.45, 2.75) is 26.4 Å². The van der Waals surface area contributed by atoms with Crippen LogP contribution >= 0.6 is 0 Å². The minimum atomic E-state index is 0.431. The predicted octanol–water partition coefficient (Wildman–Crippen LogP) is 1.28. The molecule has 0 radical (unpaired) electrons. The molecular weight excluding hydrogens is 114 g/mol. The van der Waals surface area contributed by atoms with E-state index in [0.29, 0.717) is 6.10 Å². The van der Waals surface area contributed by atoms with Gasteiger partial charge in [-0.1, -0.05) is 6.92 Å². The lowest BCUT2D eigenvalue weighted by Crippen LogP contribution is -2.12. The van der Waals surface area contributed by atoms with E-state index in [1.807, 2.05) is 12.1 Å². The zero-order valence-corrected chi connectivity index (χ0v) is 6.42. The maximum atomic E-state index is 5.40. The van der Waals surface area contributed by atoms with Gasteiger partial charge in [0, 0.05) is 19.5 Å². The number of nitrogens with zero attached hydrogens (tertiary/aromatic N) is 1. The normalized spacial score (nSPS) is 37.7. The molecule has 1 fully saturated rings. The summed E-state index contributed by atoms with van der Waals surface area (Å²) in [4.78, 5) is 5.40. The van der Waals surface area contributed by atoms with E-state index >= 15 is 0 Å². The quantitative estimate of drug-likeness (QED) is 0.528. The van der Waals surface area contributed by atoms with E-state index in [9.17, 15) is 0 Å². The highest BCUT2D eigenvalue weighted by Gasteiger charge is 2.26. The van der Waals surface area contributed by atoms with E-state index in [2.05, 4.69) is 13.8 Å². The summed E-state index contributed by atoms with van der Waals surface area (Å²) < 4.78 is 0. The Hall–Kier alpha value is -0.0800. The van der Waals surface area contributed by atoms with Gasteiger partial charge in [-0.15, -0.1) is 0 Å². The summed E-state index contributed by atoms with van der Waals surface area (Å²) in [7, 11) is 1.99. The minimum Gasteiger partial charge on any atom is -0.296 e. The standard InChI is InChI=1S/C7H15NO/c1-4-7-5-8(3)9-6(7)2/h6-7H,4-5H2,1-3H3/t6-,7-/m0/s1. The van der Waals surface area contributed by atoms with Gasteiger partial charge in [-0.25, -0.2) is 0 Å². The van der Waals surface area contributed by atoms with Crippen molar-refractivity contribution in [1.29, 1.82) is 0 Å². The van der Waals surface area contributed by atoms with Gasteiger partial charge in [0.05, 0.1) is 6.10 Å². The predicted molar refractivity (Wildman–Crippen MR) is 37.0 cm³/mol. The third kappa shape index (κ3) is 1.43. The summed E-state index contributed by atoms with van der Waals surface area (Å²) in [6.45, 7) is 5.44. The molecule has 1 heterocycles.